The molecule has 0 spiro atoms. The van der Waals surface area contributed by atoms with Gasteiger partial charge in [0, 0.05) is 5.56 Å². The van der Waals surface area contributed by atoms with Gasteiger partial charge in [-0.15, -0.1) is 0 Å². The van der Waals surface area contributed by atoms with Gasteiger partial charge in [-0.1, -0.05) is 12.1 Å². The number of phenols is 1. The Morgan fingerprint density at radius 2 is 1.77 bits per heavy atom. The maximum absolute atomic E-state index is 12.3. The molecule has 0 aliphatic heterocycles. The van der Waals surface area contributed by atoms with Crippen LogP contribution in [0.5, 0.6) is 23.0 Å². The first-order chi connectivity index (χ1) is 12.4. The standard InChI is InChI=1S/C19H18O7/c1-24-17-9-12(4-7-15(17)21)3-6-14(20)13-5-8-16(18(10-13)25-2)26-11-19(22)23/h3-10,21H,11H2,1-2H3,(H,22,23)/p-1/b6-3+. The summed E-state index contributed by atoms with van der Waals surface area (Å²) in [5.74, 6) is -0.915. The number of allylic oxidation sites excluding steroid dienone is 1. The van der Waals surface area contributed by atoms with Crippen LogP contribution in [0.4, 0.5) is 0 Å². The second-order valence-corrected chi connectivity index (χ2v) is 5.16. The Morgan fingerprint density at radius 3 is 2.42 bits per heavy atom. The van der Waals surface area contributed by atoms with Crippen LogP contribution < -0.4 is 19.3 Å². The Balaban J connectivity index is 2.17. The number of hydrogen-bond donors (Lipinski definition) is 1. The lowest BCUT2D eigenvalue weighted by molar-refractivity contribution is -0.307. The summed E-state index contributed by atoms with van der Waals surface area (Å²) in [6.45, 7) is -0.619. The number of ketones is 1. The molecule has 7 heteroatoms. The number of ether oxygens (including phenoxy) is 3. The summed E-state index contributed by atoms with van der Waals surface area (Å²) >= 11 is 0. The van der Waals surface area contributed by atoms with Crippen LogP contribution in [0.25, 0.3) is 6.08 Å². The van der Waals surface area contributed by atoms with Crippen molar-refractivity contribution in [3.8, 4) is 23.0 Å². The summed E-state index contributed by atoms with van der Waals surface area (Å²) in [5.41, 5.74) is 1.01. The van der Waals surface area contributed by atoms with Gasteiger partial charge in [0.25, 0.3) is 0 Å². The number of rotatable bonds is 8. The van der Waals surface area contributed by atoms with Crippen LogP contribution >= 0.6 is 0 Å². The molecule has 0 bridgehead atoms. The maximum atomic E-state index is 12.3. The molecule has 26 heavy (non-hydrogen) atoms. The lowest BCUT2D eigenvalue weighted by Gasteiger charge is -2.11. The summed E-state index contributed by atoms with van der Waals surface area (Å²) in [6.07, 6.45) is 2.94. The summed E-state index contributed by atoms with van der Waals surface area (Å²) in [6, 6.07) is 9.10. The maximum Gasteiger partial charge on any atom is 0.185 e. The van der Waals surface area contributed by atoms with E-state index in [1.807, 2.05) is 0 Å². The van der Waals surface area contributed by atoms with Gasteiger partial charge in [-0.25, -0.2) is 0 Å². The molecule has 0 amide bonds. The first-order valence-electron chi connectivity index (χ1n) is 7.54. The van der Waals surface area contributed by atoms with Crippen molar-refractivity contribution in [2.45, 2.75) is 0 Å². The zero-order chi connectivity index (χ0) is 19.1. The SMILES string of the molecule is COc1cc(/C=C/C(=O)c2ccc(OCC(=O)[O-])c(OC)c2)ccc1O. The molecule has 136 valence electrons. The van der Waals surface area contributed by atoms with Gasteiger partial charge < -0.3 is 29.2 Å². The van der Waals surface area contributed by atoms with Gasteiger partial charge in [-0.05, 0) is 42.0 Å². The van der Waals surface area contributed by atoms with E-state index < -0.39 is 12.6 Å². The van der Waals surface area contributed by atoms with Gasteiger partial charge >= 0.3 is 0 Å². The third-order valence-corrected chi connectivity index (χ3v) is 3.42. The summed E-state index contributed by atoms with van der Waals surface area (Å²) in [4.78, 5) is 22.8. The van der Waals surface area contributed by atoms with E-state index in [4.69, 9.17) is 14.2 Å². The largest absolute Gasteiger partial charge is 0.546 e. The fourth-order valence-corrected chi connectivity index (χ4v) is 2.14. The highest BCUT2D eigenvalue weighted by molar-refractivity contribution is 6.07. The summed E-state index contributed by atoms with van der Waals surface area (Å²) < 4.78 is 15.2. The van der Waals surface area contributed by atoms with Crippen LogP contribution in [0.2, 0.25) is 0 Å². The molecule has 0 fully saturated rings. The molecule has 0 radical (unpaired) electrons. The molecular weight excluding hydrogens is 340 g/mol. The van der Waals surface area contributed by atoms with Crippen molar-refractivity contribution in [2.75, 3.05) is 20.8 Å². The van der Waals surface area contributed by atoms with E-state index >= 15 is 0 Å². The highest BCUT2D eigenvalue weighted by Gasteiger charge is 2.10. The Kier molecular flexibility index (Phi) is 6.21. The quantitative estimate of drug-likeness (QED) is 0.563. The second kappa shape index (κ2) is 8.57. The molecular formula is C19H17O7-. The molecule has 2 aromatic rings. The molecule has 0 heterocycles. The molecule has 0 saturated carbocycles. The predicted octanol–water partition coefficient (Wildman–Crippen LogP) is 1.43. The van der Waals surface area contributed by atoms with Crippen molar-refractivity contribution in [3.63, 3.8) is 0 Å². The first-order valence-corrected chi connectivity index (χ1v) is 7.54. The van der Waals surface area contributed by atoms with E-state index in [1.165, 1.54) is 44.6 Å². The monoisotopic (exact) mass is 357 g/mol. The van der Waals surface area contributed by atoms with Gasteiger partial charge in [0.15, 0.2) is 28.8 Å². The third-order valence-electron chi connectivity index (χ3n) is 3.42. The number of carboxylic acids is 1. The first kappa shape index (κ1) is 18.9. The van der Waals surface area contributed by atoms with E-state index in [0.717, 1.165) is 0 Å². The Labute approximate surface area is 150 Å². The highest BCUT2D eigenvalue weighted by Crippen LogP contribution is 2.29. The lowest BCUT2D eigenvalue weighted by atomic mass is 10.1. The lowest BCUT2D eigenvalue weighted by Crippen LogP contribution is -2.29. The Bertz CT molecular complexity index is 840. The molecule has 2 aromatic carbocycles. The average molecular weight is 357 g/mol. The average Bonchev–Trinajstić information content (AvgIpc) is 2.65. The van der Waals surface area contributed by atoms with E-state index in [9.17, 15) is 19.8 Å². The van der Waals surface area contributed by atoms with Gasteiger partial charge in [-0.2, -0.15) is 0 Å². The number of hydrogen-bond acceptors (Lipinski definition) is 7. The number of phenolic OH excluding ortho intramolecular Hbond substituents is 1. The molecule has 0 saturated heterocycles. The fourth-order valence-electron chi connectivity index (χ4n) is 2.14. The van der Waals surface area contributed by atoms with Gasteiger partial charge in [0.2, 0.25) is 0 Å². The Hall–Kier alpha value is -3.48. The third kappa shape index (κ3) is 4.76. The van der Waals surface area contributed by atoms with Gasteiger partial charge in [0.05, 0.1) is 20.2 Å². The highest BCUT2D eigenvalue weighted by atomic mass is 16.5. The van der Waals surface area contributed by atoms with E-state index in [-0.39, 0.29) is 23.0 Å². The van der Waals surface area contributed by atoms with Crippen LogP contribution in [-0.2, 0) is 4.79 Å². The molecule has 0 unspecified atom stereocenters. The van der Waals surface area contributed by atoms with E-state index in [2.05, 4.69) is 0 Å². The molecule has 0 atom stereocenters. The molecule has 0 aromatic heterocycles. The number of carbonyl (C=O) groups excluding carboxylic acids is 2. The molecule has 7 nitrogen and oxygen atoms in total. The predicted molar refractivity (Wildman–Crippen MR) is 91.5 cm³/mol. The van der Waals surface area contributed by atoms with Crippen molar-refractivity contribution in [1.29, 1.82) is 0 Å². The zero-order valence-corrected chi connectivity index (χ0v) is 14.2. The van der Waals surface area contributed by atoms with Crippen molar-refractivity contribution in [3.05, 3.63) is 53.6 Å². The summed E-state index contributed by atoms with van der Waals surface area (Å²) in [7, 11) is 2.82. The van der Waals surface area contributed by atoms with Gasteiger partial charge in [-0.3, -0.25) is 4.79 Å². The van der Waals surface area contributed by atoms with Crippen LogP contribution in [0, 0.1) is 0 Å². The number of aliphatic carboxylic acids is 1. The van der Waals surface area contributed by atoms with Crippen molar-refractivity contribution >= 4 is 17.8 Å². The molecule has 0 aliphatic rings. The van der Waals surface area contributed by atoms with Gasteiger partial charge in [0.1, 0.15) is 6.61 Å². The van der Waals surface area contributed by atoms with E-state index in [1.54, 1.807) is 18.2 Å². The van der Waals surface area contributed by atoms with Crippen molar-refractivity contribution < 1.29 is 34.0 Å². The van der Waals surface area contributed by atoms with Crippen LogP contribution in [0.15, 0.2) is 42.5 Å². The minimum atomic E-state index is -1.36. The number of methoxy groups -OCH3 is 2. The number of carbonyl (C=O) groups is 2. The Morgan fingerprint density at radius 1 is 1.04 bits per heavy atom. The van der Waals surface area contributed by atoms with Crippen molar-refractivity contribution in [1.82, 2.24) is 0 Å². The van der Waals surface area contributed by atoms with Crippen molar-refractivity contribution in [2.24, 2.45) is 0 Å². The van der Waals surface area contributed by atoms with Crippen LogP contribution in [0.3, 0.4) is 0 Å². The number of aromatic hydroxyl groups is 1. The fraction of sp³-hybridized carbons (Fsp3) is 0.158. The number of benzene rings is 2. The zero-order valence-electron chi connectivity index (χ0n) is 14.2. The minimum Gasteiger partial charge on any atom is -0.546 e. The molecule has 2 rings (SSSR count). The molecule has 0 aliphatic carbocycles. The normalized spacial score (nSPS) is 10.5. The topological polar surface area (TPSA) is 105 Å². The summed E-state index contributed by atoms with van der Waals surface area (Å²) in [5, 5.41) is 20.0. The molecule has 1 N–H and O–H groups in total. The van der Waals surface area contributed by atoms with Crippen LogP contribution in [-0.4, -0.2) is 37.7 Å². The number of carboxylic acid groups (broad SMARTS) is 1. The van der Waals surface area contributed by atoms with E-state index in [0.29, 0.717) is 16.9 Å². The smallest absolute Gasteiger partial charge is 0.185 e. The van der Waals surface area contributed by atoms with Crippen LogP contribution in [0.1, 0.15) is 15.9 Å². The second-order valence-electron chi connectivity index (χ2n) is 5.16. The minimum absolute atomic E-state index is 0.00728.